The number of piperidine rings is 1. The van der Waals surface area contributed by atoms with E-state index < -0.39 is 10.2 Å². The molecule has 0 saturated carbocycles. The van der Waals surface area contributed by atoms with Gasteiger partial charge in [0.1, 0.15) is 0 Å². The van der Waals surface area contributed by atoms with Crippen LogP contribution in [-0.2, 0) is 23.1 Å². The van der Waals surface area contributed by atoms with E-state index >= 15 is 0 Å². The van der Waals surface area contributed by atoms with Crippen LogP contribution in [0.4, 0.5) is 0 Å². The van der Waals surface area contributed by atoms with E-state index in [4.69, 9.17) is 5.11 Å². The summed E-state index contributed by atoms with van der Waals surface area (Å²) in [6, 6.07) is 0.369. The van der Waals surface area contributed by atoms with Gasteiger partial charge in [-0.05, 0) is 57.2 Å². The number of H-pyrrole nitrogens is 1. The summed E-state index contributed by atoms with van der Waals surface area (Å²) in [6.07, 6.45) is 5.76. The highest BCUT2D eigenvalue weighted by atomic mass is 32.2. The molecule has 1 aliphatic heterocycles. The van der Waals surface area contributed by atoms with Crippen LogP contribution in [0.1, 0.15) is 37.9 Å². The Balaban J connectivity index is 0.000000758. The Kier molecular flexibility index (Phi) is 7.60. The monoisotopic (exact) mass is 387 g/mol. The normalized spacial score (nSPS) is 26.0. The second-order valence-electron chi connectivity index (χ2n) is 7.15. The lowest BCUT2D eigenvalue weighted by molar-refractivity contribution is 0.0645. The Morgan fingerprint density at radius 3 is 2.69 bits per heavy atom. The van der Waals surface area contributed by atoms with E-state index in [1.54, 1.807) is 21.0 Å². The molecular weight excluding hydrogens is 354 g/mol. The van der Waals surface area contributed by atoms with E-state index in [9.17, 15) is 8.42 Å². The molecular formula is C17H33N5O3S. The summed E-state index contributed by atoms with van der Waals surface area (Å²) in [5, 5.41) is 14.9. The maximum Gasteiger partial charge on any atom is 0.279 e. The van der Waals surface area contributed by atoms with Crippen LogP contribution in [0.2, 0.25) is 0 Å². The molecule has 0 bridgehead atoms. The molecule has 1 fully saturated rings. The highest BCUT2D eigenvalue weighted by Gasteiger charge is 2.42. The Morgan fingerprint density at radius 1 is 1.38 bits per heavy atom. The van der Waals surface area contributed by atoms with Crippen LogP contribution in [0.5, 0.6) is 0 Å². The summed E-state index contributed by atoms with van der Waals surface area (Å²) in [5.41, 5.74) is 2.38. The largest absolute Gasteiger partial charge is 0.397 e. The molecule has 1 aromatic rings. The van der Waals surface area contributed by atoms with Gasteiger partial charge in [-0.2, -0.15) is 22.5 Å². The van der Waals surface area contributed by atoms with Gasteiger partial charge in [-0.15, -0.1) is 0 Å². The van der Waals surface area contributed by atoms with E-state index in [0.29, 0.717) is 6.04 Å². The molecule has 0 amide bonds. The second kappa shape index (κ2) is 9.27. The van der Waals surface area contributed by atoms with Crippen molar-refractivity contribution in [3.63, 3.8) is 0 Å². The zero-order valence-corrected chi connectivity index (χ0v) is 17.1. The first kappa shape index (κ1) is 21.3. The summed E-state index contributed by atoms with van der Waals surface area (Å²) < 4.78 is 28.7. The quantitative estimate of drug-likeness (QED) is 0.678. The molecule has 150 valence electrons. The van der Waals surface area contributed by atoms with Gasteiger partial charge in [-0.25, -0.2) is 0 Å². The smallest absolute Gasteiger partial charge is 0.279 e. The molecule has 8 nitrogen and oxygen atoms in total. The SMILES string of the molecule is CCCN1CC[C@H](NS(=O)(=O)N(C)C)[C@H]2Cc3n[nH]cc3C[C@@H]21.CCO. The Bertz CT molecular complexity index is 661. The van der Waals surface area contributed by atoms with E-state index in [0.717, 1.165) is 44.5 Å². The van der Waals surface area contributed by atoms with Gasteiger partial charge >= 0.3 is 0 Å². The van der Waals surface area contributed by atoms with Crippen LogP contribution in [-0.4, -0.2) is 78.8 Å². The van der Waals surface area contributed by atoms with Gasteiger partial charge in [0.05, 0.1) is 5.69 Å². The predicted molar refractivity (Wildman–Crippen MR) is 102 cm³/mol. The first-order valence-corrected chi connectivity index (χ1v) is 10.8. The van der Waals surface area contributed by atoms with Crippen LogP contribution in [0.25, 0.3) is 0 Å². The van der Waals surface area contributed by atoms with Crippen LogP contribution >= 0.6 is 0 Å². The highest BCUT2D eigenvalue weighted by molar-refractivity contribution is 7.87. The van der Waals surface area contributed by atoms with E-state index in [2.05, 4.69) is 26.7 Å². The van der Waals surface area contributed by atoms with Crippen molar-refractivity contribution in [3.05, 3.63) is 17.5 Å². The fourth-order valence-corrected chi connectivity index (χ4v) is 4.82. The molecule has 0 spiro atoms. The number of aromatic amines is 1. The van der Waals surface area contributed by atoms with Crippen LogP contribution < -0.4 is 4.72 Å². The van der Waals surface area contributed by atoms with Crippen molar-refractivity contribution >= 4 is 10.2 Å². The summed E-state index contributed by atoms with van der Waals surface area (Å²) >= 11 is 0. The van der Waals surface area contributed by atoms with Crippen LogP contribution in [0, 0.1) is 5.92 Å². The van der Waals surface area contributed by atoms with Gasteiger partial charge in [0.25, 0.3) is 10.2 Å². The van der Waals surface area contributed by atoms with Gasteiger partial charge in [-0.1, -0.05) is 6.92 Å². The van der Waals surface area contributed by atoms with Crippen molar-refractivity contribution in [1.82, 2.24) is 24.1 Å². The number of nitrogens with one attached hydrogen (secondary N) is 2. The average Bonchev–Trinajstić information content (AvgIpc) is 3.03. The van der Waals surface area contributed by atoms with E-state index in [1.807, 2.05) is 6.20 Å². The third-order valence-corrected chi connectivity index (χ3v) is 6.73. The fraction of sp³-hybridized carbons (Fsp3) is 0.824. The predicted octanol–water partition coefficient (Wildman–Crippen LogP) is 0.372. The van der Waals surface area contributed by atoms with E-state index in [1.165, 1.54) is 9.87 Å². The standard InChI is InChI=1S/C15H27N5O2S.C2H6O/c1-4-6-20-7-5-13(18-23(21,22)19(2)3)12-9-14-11(8-15(12)20)10-16-17-14;1-2-3/h10,12-13,15,18H,4-9H2,1-3H3,(H,16,17);3H,2H2,1H3/t12-,13+,15+;/m1./s1. The summed E-state index contributed by atoms with van der Waals surface area (Å²) in [6.45, 7) is 6.15. The van der Waals surface area contributed by atoms with Crippen molar-refractivity contribution in [2.24, 2.45) is 5.92 Å². The zero-order chi connectivity index (χ0) is 19.3. The van der Waals surface area contributed by atoms with Gasteiger partial charge in [-0.3, -0.25) is 10.00 Å². The molecule has 26 heavy (non-hydrogen) atoms. The number of likely N-dealkylation sites (tertiary alicyclic amines) is 1. The average molecular weight is 388 g/mol. The first-order valence-electron chi connectivity index (χ1n) is 9.40. The Morgan fingerprint density at radius 2 is 2.08 bits per heavy atom. The Labute approximate surface area is 157 Å². The minimum atomic E-state index is -3.41. The van der Waals surface area contributed by atoms with Gasteiger partial charge in [0, 0.05) is 39.0 Å². The molecule has 0 unspecified atom stereocenters. The van der Waals surface area contributed by atoms with Gasteiger partial charge in [0.2, 0.25) is 0 Å². The highest BCUT2D eigenvalue weighted by Crippen LogP contribution is 2.34. The second-order valence-corrected chi connectivity index (χ2v) is 9.07. The van der Waals surface area contributed by atoms with Crippen molar-refractivity contribution < 1.29 is 13.5 Å². The van der Waals surface area contributed by atoms with Crippen molar-refractivity contribution in [1.29, 1.82) is 0 Å². The maximum absolute atomic E-state index is 12.3. The number of rotatable bonds is 5. The van der Waals surface area contributed by atoms with Crippen LogP contribution in [0.15, 0.2) is 6.20 Å². The third-order valence-electron chi connectivity index (χ3n) is 5.17. The number of fused-ring (bicyclic) bond motifs is 2. The summed E-state index contributed by atoms with van der Waals surface area (Å²) in [7, 11) is -0.269. The molecule has 9 heteroatoms. The molecule has 3 atom stereocenters. The lowest BCUT2D eigenvalue weighted by Crippen LogP contribution is -2.60. The molecule has 2 aliphatic rings. The maximum atomic E-state index is 12.3. The number of hydrogen-bond donors (Lipinski definition) is 3. The molecule has 0 aromatic carbocycles. The van der Waals surface area contributed by atoms with Crippen molar-refractivity contribution in [2.45, 2.75) is 51.6 Å². The number of nitrogens with zero attached hydrogens (tertiary/aromatic N) is 3. The number of aromatic nitrogens is 2. The minimum Gasteiger partial charge on any atom is -0.397 e. The van der Waals surface area contributed by atoms with Crippen molar-refractivity contribution in [2.75, 3.05) is 33.8 Å². The summed E-state index contributed by atoms with van der Waals surface area (Å²) in [4.78, 5) is 2.53. The molecule has 1 aliphatic carbocycles. The molecule has 3 rings (SSSR count). The third kappa shape index (κ3) is 4.83. The number of aliphatic hydroxyl groups excluding tert-OH is 1. The fourth-order valence-electron chi connectivity index (χ4n) is 3.94. The molecule has 3 N–H and O–H groups in total. The molecule has 1 aromatic heterocycles. The summed E-state index contributed by atoms with van der Waals surface area (Å²) in [5.74, 6) is 0.279. The Hall–Kier alpha value is -1.00. The molecule has 0 radical (unpaired) electrons. The first-order chi connectivity index (χ1) is 12.3. The lowest BCUT2D eigenvalue weighted by atomic mass is 9.75. The minimum absolute atomic E-state index is 0.0228. The van der Waals surface area contributed by atoms with Crippen molar-refractivity contribution in [3.8, 4) is 0 Å². The zero-order valence-electron chi connectivity index (χ0n) is 16.3. The number of aliphatic hydroxyl groups is 1. The van der Waals surface area contributed by atoms with E-state index in [-0.39, 0.29) is 18.6 Å². The number of hydrogen-bond acceptors (Lipinski definition) is 5. The van der Waals surface area contributed by atoms with Gasteiger partial charge in [0.15, 0.2) is 0 Å². The molecule has 2 heterocycles. The molecule has 1 saturated heterocycles. The topological polar surface area (TPSA) is 102 Å². The van der Waals surface area contributed by atoms with Gasteiger partial charge < -0.3 is 5.11 Å². The van der Waals surface area contributed by atoms with Crippen LogP contribution in [0.3, 0.4) is 0 Å². The lowest BCUT2D eigenvalue weighted by Gasteiger charge is -2.47.